The van der Waals surface area contributed by atoms with Crippen molar-refractivity contribution in [3.05, 3.63) is 40.2 Å². The Hall–Kier alpha value is -1.95. The third-order valence-corrected chi connectivity index (χ3v) is 3.87. The lowest BCUT2D eigenvalue weighted by Crippen LogP contribution is -2.04. The predicted octanol–water partition coefficient (Wildman–Crippen LogP) is 2.72. The van der Waals surface area contributed by atoms with Crippen molar-refractivity contribution in [1.29, 1.82) is 0 Å². The minimum absolute atomic E-state index is 0.277. The number of hydrogen-bond acceptors (Lipinski definition) is 5. The number of thiazole rings is 1. The number of carboxylic acids is 1. The van der Waals surface area contributed by atoms with Crippen LogP contribution in [0.25, 0.3) is 0 Å². The fourth-order valence-corrected chi connectivity index (χ4v) is 2.58. The van der Waals surface area contributed by atoms with Crippen molar-refractivity contribution < 1.29 is 9.90 Å². The summed E-state index contributed by atoms with van der Waals surface area (Å²) < 4.78 is 0. The molecule has 100 valence electrons. The summed E-state index contributed by atoms with van der Waals surface area (Å²) in [6.45, 7) is 4.33. The topological polar surface area (TPSA) is 75.1 Å². The molecule has 19 heavy (non-hydrogen) atoms. The fraction of sp³-hybridized carbons (Fsp3) is 0.308. The number of nitrogens with zero attached hydrogens (tertiary/aromatic N) is 2. The van der Waals surface area contributed by atoms with Crippen molar-refractivity contribution in [1.82, 2.24) is 9.97 Å². The summed E-state index contributed by atoms with van der Waals surface area (Å²) in [6.07, 6.45) is 2.67. The second-order valence-electron chi connectivity index (χ2n) is 4.06. The van der Waals surface area contributed by atoms with E-state index in [9.17, 15) is 4.79 Å². The Bertz CT molecular complexity index is 595. The van der Waals surface area contributed by atoms with Crippen molar-refractivity contribution in [2.45, 2.75) is 26.8 Å². The highest BCUT2D eigenvalue weighted by atomic mass is 32.1. The van der Waals surface area contributed by atoms with Gasteiger partial charge < -0.3 is 10.4 Å². The van der Waals surface area contributed by atoms with Crippen molar-refractivity contribution in [2.24, 2.45) is 0 Å². The number of carbonyl (C=O) groups is 1. The smallest absolute Gasteiger partial charge is 0.347 e. The third kappa shape index (κ3) is 3.08. The van der Waals surface area contributed by atoms with E-state index in [-0.39, 0.29) is 4.88 Å². The second-order valence-corrected chi connectivity index (χ2v) is 5.05. The molecule has 2 aromatic rings. The molecule has 2 rings (SSSR count). The first-order chi connectivity index (χ1) is 9.11. The average molecular weight is 277 g/mol. The summed E-state index contributed by atoms with van der Waals surface area (Å²) in [5, 5.41) is 12.7. The molecule has 2 aromatic heterocycles. The number of aromatic carboxylic acids is 1. The molecule has 0 aliphatic heterocycles. The first-order valence-corrected chi connectivity index (χ1v) is 6.80. The standard InChI is InChI=1S/C13H15N3O2S/c1-3-9-5-4-6-14-10(9)7-15-13-16-8(2)11(19-13)12(17)18/h4-6H,3,7H2,1-2H3,(H,15,16)(H,17,18). The Kier molecular flexibility index (Phi) is 4.11. The Labute approximate surface area is 115 Å². The van der Waals surface area contributed by atoms with E-state index in [0.29, 0.717) is 17.4 Å². The average Bonchev–Trinajstić information content (AvgIpc) is 2.78. The van der Waals surface area contributed by atoms with E-state index in [1.807, 2.05) is 12.1 Å². The number of aryl methyl sites for hydroxylation is 2. The fourth-order valence-electron chi connectivity index (χ4n) is 1.78. The van der Waals surface area contributed by atoms with Crippen LogP contribution >= 0.6 is 11.3 Å². The van der Waals surface area contributed by atoms with Gasteiger partial charge in [-0.3, -0.25) is 4.98 Å². The van der Waals surface area contributed by atoms with Crippen LogP contribution in [0.5, 0.6) is 0 Å². The highest BCUT2D eigenvalue weighted by Crippen LogP contribution is 2.23. The van der Waals surface area contributed by atoms with Gasteiger partial charge in [0.2, 0.25) is 0 Å². The number of carboxylic acid groups (broad SMARTS) is 1. The van der Waals surface area contributed by atoms with Crippen molar-refractivity contribution in [3.8, 4) is 0 Å². The van der Waals surface area contributed by atoms with Gasteiger partial charge in [-0.05, 0) is 25.0 Å². The first kappa shape index (κ1) is 13.5. The molecule has 0 unspecified atom stereocenters. The van der Waals surface area contributed by atoms with Gasteiger partial charge in [0.1, 0.15) is 4.88 Å². The molecule has 0 aromatic carbocycles. The summed E-state index contributed by atoms with van der Waals surface area (Å²) in [6, 6.07) is 3.96. The first-order valence-electron chi connectivity index (χ1n) is 5.99. The molecule has 5 nitrogen and oxygen atoms in total. The maximum Gasteiger partial charge on any atom is 0.347 e. The van der Waals surface area contributed by atoms with Gasteiger partial charge in [-0.25, -0.2) is 9.78 Å². The summed E-state index contributed by atoms with van der Waals surface area (Å²) in [7, 11) is 0. The molecule has 2 N–H and O–H groups in total. The van der Waals surface area contributed by atoms with E-state index in [0.717, 1.165) is 23.5 Å². The molecule has 0 bridgehead atoms. The summed E-state index contributed by atoms with van der Waals surface area (Å²) in [4.78, 5) is 19.7. The maximum atomic E-state index is 10.9. The van der Waals surface area contributed by atoms with E-state index in [1.165, 1.54) is 5.56 Å². The minimum Gasteiger partial charge on any atom is -0.477 e. The van der Waals surface area contributed by atoms with E-state index in [1.54, 1.807) is 13.1 Å². The molecule has 0 spiro atoms. The van der Waals surface area contributed by atoms with Crippen LogP contribution in [-0.4, -0.2) is 21.0 Å². The normalized spacial score (nSPS) is 10.4. The molecule has 2 heterocycles. The molecule has 0 saturated carbocycles. The lowest BCUT2D eigenvalue weighted by molar-refractivity contribution is 0.0701. The Morgan fingerprint density at radius 2 is 2.32 bits per heavy atom. The number of aromatic nitrogens is 2. The summed E-state index contributed by atoms with van der Waals surface area (Å²) >= 11 is 1.15. The van der Waals surface area contributed by atoms with E-state index in [4.69, 9.17) is 5.11 Å². The van der Waals surface area contributed by atoms with Crippen LogP contribution in [0.1, 0.15) is 33.5 Å². The zero-order valence-corrected chi connectivity index (χ0v) is 11.6. The number of nitrogens with one attached hydrogen (secondary N) is 1. The highest BCUT2D eigenvalue weighted by molar-refractivity contribution is 7.17. The van der Waals surface area contributed by atoms with Gasteiger partial charge >= 0.3 is 5.97 Å². The van der Waals surface area contributed by atoms with Crippen molar-refractivity contribution in [2.75, 3.05) is 5.32 Å². The number of pyridine rings is 1. The predicted molar refractivity (Wildman–Crippen MR) is 74.8 cm³/mol. The Balaban J connectivity index is 2.10. The van der Waals surface area contributed by atoms with Crippen LogP contribution in [0, 0.1) is 6.92 Å². The molecule has 0 atom stereocenters. The molecule has 0 aliphatic carbocycles. The summed E-state index contributed by atoms with van der Waals surface area (Å²) in [5.41, 5.74) is 2.69. The quantitative estimate of drug-likeness (QED) is 0.879. The van der Waals surface area contributed by atoms with E-state index in [2.05, 4.69) is 22.2 Å². The molecular formula is C13H15N3O2S. The Morgan fingerprint density at radius 3 is 2.95 bits per heavy atom. The van der Waals surface area contributed by atoms with Gasteiger partial charge in [-0.1, -0.05) is 24.3 Å². The lowest BCUT2D eigenvalue weighted by atomic mass is 10.1. The molecule has 0 aliphatic rings. The number of rotatable bonds is 5. The van der Waals surface area contributed by atoms with Gasteiger partial charge in [0.05, 0.1) is 17.9 Å². The Morgan fingerprint density at radius 1 is 1.53 bits per heavy atom. The molecule has 6 heteroatoms. The van der Waals surface area contributed by atoms with Crippen LogP contribution in [0.4, 0.5) is 5.13 Å². The van der Waals surface area contributed by atoms with Crippen molar-refractivity contribution in [3.63, 3.8) is 0 Å². The van der Waals surface area contributed by atoms with Crippen molar-refractivity contribution >= 4 is 22.4 Å². The SMILES string of the molecule is CCc1cccnc1CNc1nc(C)c(C(=O)O)s1. The maximum absolute atomic E-state index is 10.9. The zero-order valence-electron chi connectivity index (χ0n) is 10.8. The van der Waals surface area contributed by atoms with E-state index >= 15 is 0 Å². The van der Waals surface area contributed by atoms with Crippen LogP contribution in [0.2, 0.25) is 0 Å². The molecule has 0 amide bonds. The largest absolute Gasteiger partial charge is 0.477 e. The van der Waals surface area contributed by atoms with Gasteiger partial charge in [-0.2, -0.15) is 0 Å². The minimum atomic E-state index is -0.935. The second kappa shape index (κ2) is 5.79. The van der Waals surface area contributed by atoms with Crippen LogP contribution in [-0.2, 0) is 13.0 Å². The van der Waals surface area contributed by atoms with Gasteiger partial charge in [-0.15, -0.1) is 0 Å². The highest BCUT2D eigenvalue weighted by Gasteiger charge is 2.13. The molecule has 0 radical (unpaired) electrons. The van der Waals surface area contributed by atoms with Gasteiger partial charge in [0.25, 0.3) is 0 Å². The van der Waals surface area contributed by atoms with Gasteiger partial charge in [0, 0.05) is 6.20 Å². The zero-order chi connectivity index (χ0) is 13.8. The monoisotopic (exact) mass is 277 g/mol. The molecule has 0 fully saturated rings. The number of anilines is 1. The van der Waals surface area contributed by atoms with Gasteiger partial charge in [0.15, 0.2) is 5.13 Å². The third-order valence-electron chi connectivity index (χ3n) is 2.76. The van der Waals surface area contributed by atoms with Crippen LogP contribution in [0.15, 0.2) is 18.3 Å². The van der Waals surface area contributed by atoms with Crippen LogP contribution in [0.3, 0.4) is 0 Å². The number of hydrogen-bond donors (Lipinski definition) is 2. The lowest BCUT2D eigenvalue weighted by Gasteiger charge is -2.06. The van der Waals surface area contributed by atoms with E-state index < -0.39 is 5.97 Å². The molecule has 0 saturated heterocycles. The molecular weight excluding hydrogens is 262 g/mol. The summed E-state index contributed by atoms with van der Waals surface area (Å²) in [5.74, 6) is -0.935. The van der Waals surface area contributed by atoms with Crippen LogP contribution < -0.4 is 5.32 Å².